The van der Waals surface area contributed by atoms with Gasteiger partial charge >= 0.3 is 0 Å². The fourth-order valence-electron chi connectivity index (χ4n) is 3.03. The predicted molar refractivity (Wildman–Crippen MR) is 81.2 cm³/mol. The summed E-state index contributed by atoms with van der Waals surface area (Å²) in [6.45, 7) is 6.10. The number of nitrogens with one attached hydrogen (secondary N) is 1. The second-order valence-electron chi connectivity index (χ2n) is 5.33. The van der Waals surface area contributed by atoms with Gasteiger partial charge in [-0.25, -0.2) is 12.7 Å². The molecule has 0 bridgehead atoms. The number of hydrogen-bond acceptors (Lipinski definition) is 3. The molecule has 2 aliphatic heterocycles. The lowest BCUT2D eigenvalue weighted by atomic mass is 9.89. The van der Waals surface area contributed by atoms with Crippen molar-refractivity contribution in [1.82, 2.24) is 9.62 Å². The summed E-state index contributed by atoms with van der Waals surface area (Å²) in [5, 5.41) is 3.53. The van der Waals surface area contributed by atoms with Crippen LogP contribution in [0.3, 0.4) is 0 Å². The molecule has 0 radical (unpaired) electrons. The molecule has 0 saturated carbocycles. The molecule has 1 N–H and O–H groups in total. The summed E-state index contributed by atoms with van der Waals surface area (Å²) in [5.41, 5.74) is 0. The molecule has 0 spiro atoms. The predicted octanol–water partition coefficient (Wildman–Crippen LogP) is 1.78. The third-order valence-corrected chi connectivity index (χ3v) is 6.04. The third-order valence-electron chi connectivity index (χ3n) is 4.14. The maximum atomic E-state index is 12.0. The van der Waals surface area contributed by atoms with Crippen molar-refractivity contribution in [2.45, 2.75) is 38.1 Å². The van der Waals surface area contributed by atoms with Gasteiger partial charge in [0.1, 0.15) is 0 Å². The minimum Gasteiger partial charge on any atom is -0.314 e. The maximum absolute atomic E-state index is 12.0. The van der Waals surface area contributed by atoms with E-state index in [1.165, 1.54) is 12.8 Å². The summed E-state index contributed by atoms with van der Waals surface area (Å²) >= 11 is 0. The molecular weight excluding hydrogens is 284 g/mol. The quantitative estimate of drug-likeness (QED) is 0.788. The molecule has 2 heterocycles. The Labute approximate surface area is 123 Å². The fourth-order valence-corrected chi connectivity index (χ4v) is 4.52. The summed E-state index contributed by atoms with van der Waals surface area (Å²) < 4.78 is 25.7. The minimum atomic E-state index is -3.05. The molecule has 2 aliphatic rings. The molecule has 0 aromatic heterocycles. The molecule has 4 nitrogen and oxygen atoms in total. The zero-order chi connectivity index (χ0) is 13.0. The van der Waals surface area contributed by atoms with Crippen molar-refractivity contribution >= 4 is 22.4 Å². The lowest BCUT2D eigenvalue weighted by molar-refractivity contribution is 0.234. The molecule has 112 valence electrons. The number of allylic oxidation sites excluding steroid dienone is 1. The van der Waals surface area contributed by atoms with Gasteiger partial charge in [0.15, 0.2) is 0 Å². The van der Waals surface area contributed by atoms with E-state index in [9.17, 15) is 8.42 Å². The molecule has 0 aromatic carbocycles. The van der Waals surface area contributed by atoms with Gasteiger partial charge in [-0.05, 0) is 44.6 Å². The van der Waals surface area contributed by atoms with Gasteiger partial charge in [0, 0.05) is 19.1 Å². The zero-order valence-corrected chi connectivity index (χ0v) is 13.0. The highest BCUT2D eigenvalue weighted by Gasteiger charge is 2.32. The maximum Gasteiger partial charge on any atom is 0.214 e. The first-order valence-electron chi connectivity index (χ1n) is 6.95. The Balaban J connectivity index is 0.00000180. The van der Waals surface area contributed by atoms with Crippen LogP contribution in [0.15, 0.2) is 12.7 Å². The summed E-state index contributed by atoms with van der Waals surface area (Å²) in [7, 11) is -3.05. The van der Waals surface area contributed by atoms with E-state index >= 15 is 0 Å². The van der Waals surface area contributed by atoms with E-state index in [1.807, 2.05) is 0 Å². The van der Waals surface area contributed by atoms with Crippen LogP contribution >= 0.6 is 12.4 Å². The Kier molecular flexibility index (Phi) is 6.80. The van der Waals surface area contributed by atoms with E-state index in [0.717, 1.165) is 19.4 Å². The molecule has 0 aromatic rings. The van der Waals surface area contributed by atoms with Gasteiger partial charge in [-0.1, -0.05) is 6.08 Å². The van der Waals surface area contributed by atoms with E-state index in [4.69, 9.17) is 0 Å². The van der Waals surface area contributed by atoms with Crippen LogP contribution < -0.4 is 5.32 Å². The molecule has 2 rings (SSSR count). The number of nitrogens with zero attached hydrogens (tertiary/aromatic N) is 1. The first-order chi connectivity index (χ1) is 8.63. The first-order valence-corrected chi connectivity index (χ1v) is 8.56. The molecule has 1 atom stereocenters. The topological polar surface area (TPSA) is 49.4 Å². The van der Waals surface area contributed by atoms with Crippen LogP contribution in [-0.4, -0.2) is 44.2 Å². The van der Waals surface area contributed by atoms with Crippen LogP contribution in [0.5, 0.6) is 0 Å². The van der Waals surface area contributed by atoms with Gasteiger partial charge in [0.2, 0.25) is 10.0 Å². The normalized spacial score (nSPS) is 26.0. The van der Waals surface area contributed by atoms with Crippen LogP contribution in [-0.2, 0) is 10.0 Å². The summed E-state index contributed by atoms with van der Waals surface area (Å²) in [6.07, 6.45) is 6.76. The second-order valence-corrected chi connectivity index (χ2v) is 7.42. The highest BCUT2D eigenvalue weighted by Crippen LogP contribution is 2.26. The highest BCUT2D eigenvalue weighted by molar-refractivity contribution is 7.89. The van der Waals surface area contributed by atoms with Crippen LogP contribution in [0.4, 0.5) is 0 Å². The number of rotatable bonds is 5. The molecule has 0 amide bonds. The monoisotopic (exact) mass is 308 g/mol. The fraction of sp³-hybridized carbons (Fsp3) is 0.846. The Hall–Kier alpha value is -0.100. The van der Waals surface area contributed by atoms with Crippen molar-refractivity contribution in [3.8, 4) is 0 Å². The first kappa shape index (κ1) is 17.0. The van der Waals surface area contributed by atoms with E-state index in [2.05, 4.69) is 11.9 Å². The third kappa shape index (κ3) is 4.45. The van der Waals surface area contributed by atoms with Gasteiger partial charge in [-0.2, -0.15) is 0 Å². The summed E-state index contributed by atoms with van der Waals surface area (Å²) in [5.74, 6) is 0.876. The molecule has 1 unspecified atom stereocenters. The molecule has 2 saturated heterocycles. The molecule has 19 heavy (non-hydrogen) atoms. The van der Waals surface area contributed by atoms with Gasteiger partial charge in [0.05, 0.1) is 5.75 Å². The van der Waals surface area contributed by atoms with Crippen molar-refractivity contribution in [1.29, 1.82) is 0 Å². The molecule has 2 fully saturated rings. The standard InChI is InChI=1S/C13H24N2O2S.ClH/c1-2-3-11-18(16,17)15-9-6-12(7-10-15)13-5-4-8-14-13;/h2,12-14H,1,3-11H2;1H. The number of hydrogen-bond donors (Lipinski definition) is 1. The van der Waals surface area contributed by atoms with E-state index in [1.54, 1.807) is 10.4 Å². The number of piperidine rings is 1. The van der Waals surface area contributed by atoms with Crippen molar-refractivity contribution in [2.24, 2.45) is 5.92 Å². The smallest absolute Gasteiger partial charge is 0.214 e. The highest BCUT2D eigenvalue weighted by atomic mass is 35.5. The van der Waals surface area contributed by atoms with Crippen LogP contribution in [0.1, 0.15) is 32.1 Å². The van der Waals surface area contributed by atoms with Crippen LogP contribution in [0.2, 0.25) is 0 Å². The van der Waals surface area contributed by atoms with Gasteiger partial charge in [-0.15, -0.1) is 19.0 Å². The Bertz CT molecular complexity index is 372. The van der Waals surface area contributed by atoms with Gasteiger partial charge < -0.3 is 5.32 Å². The molecule has 6 heteroatoms. The van der Waals surface area contributed by atoms with E-state index < -0.39 is 10.0 Å². The Morgan fingerprint density at radius 3 is 2.47 bits per heavy atom. The summed E-state index contributed by atoms with van der Waals surface area (Å²) in [4.78, 5) is 0. The van der Waals surface area contributed by atoms with Crippen LogP contribution in [0, 0.1) is 5.92 Å². The van der Waals surface area contributed by atoms with Gasteiger partial charge in [0.25, 0.3) is 0 Å². The molecule has 0 aliphatic carbocycles. The van der Waals surface area contributed by atoms with Crippen molar-refractivity contribution in [2.75, 3.05) is 25.4 Å². The van der Waals surface area contributed by atoms with Gasteiger partial charge in [-0.3, -0.25) is 0 Å². The van der Waals surface area contributed by atoms with E-state index in [-0.39, 0.29) is 18.2 Å². The average molecular weight is 309 g/mol. The van der Waals surface area contributed by atoms with Crippen molar-refractivity contribution in [3.63, 3.8) is 0 Å². The summed E-state index contributed by atoms with van der Waals surface area (Å²) in [6, 6.07) is 0.628. The SMILES string of the molecule is C=CCCS(=O)(=O)N1CCC(C2CCCN2)CC1.Cl. The van der Waals surface area contributed by atoms with Crippen molar-refractivity contribution in [3.05, 3.63) is 12.7 Å². The van der Waals surface area contributed by atoms with E-state index in [0.29, 0.717) is 31.5 Å². The number of halogens is 1. The Morgan fingerprint density at radius 2 is 1.95 bits per heavy atom. The van der Waals surface area contributed by atoms with Crippen LogP contribution in [0.25, 0.3) is 0 Å². The Morgan fingerprint density at radius 1 is 1.26 bits per heavy atom. The average Bonchev–Trinajstić information content (AvgIpc) is 2.90. The zero-order valence-electron chi connectivity index (χ0n) is 11.4. The second kappa shape index (κ2) is 7.62. The largest absolute Gasteiger partial charge is 0.314 e. The van der Waals surface area contributed by atoms with Crippen molar-refractivity contribution < 1.29 is 8.42 Å². The molecular formula is C13H25ClN2O2S. The number of sulfonamides is 1. The lowest BCUT2D eigenvalue weighted by Crippen LogP contribution is -2.44. The lowest BCUT2D eigenvalue weighted by Gasteiger charge is -2.34. The minimum absolute atomic E-state index is 0.